The van der Waals surface area contributed by atoms with E-state index in [0.29, 0.717) is 18.5 Å². The van der Waals surface area contributed by atoms with Crippen molar-refractivity contribution in [2.45, 2.75) is 45.6 Å². The molecule has 20 heavy (non-hydrogen) atoms. The van der Waals surface area contributed by atoms with Gasteiger partial charge in [-0.3, -0.25) is 9.48 Å². The number of anilines is 1. The van der Waals surface area contributed by atoms with E-state index in [1.807, 2.05) is 13.8 Å². The van der Waals surface area contributed by atoms with Crippen LogP contribution in [0.4, 0.5) is 10.5 Å². The topological polar surface area (TPSA) is 96.3 Å². The number of hydrogen-bond acceptors (Lipinski definition) is 3. The smallest absolute Gasteiger partial charge is 0.319 e. The highest BCUT2D eigenvalue weighted by atomic mass is 16.4. The molecule has 1 aromatic heterocycles. The first kappa shape index (κ1) is 16.0. The summed E-state index contributed by atoms with van der Waals surface area (Å²) in [5.74, 6) is -0.815. The van der Waals surface area contributed by atoms with E-state index >= 15 is 0 Å². The van der Waals surface area contributed by atoms with Gasteiger partial charge in [0.15, 0.2) is 0 Å². The van der Waals surface area contributed by atoms with Crippen LogP contribution in [0.5, 0.6) is 0 Å². The van der Waals surface area contributed by atoms with E-state index in [1.54, 1.807) is 17.9 Å². The van der Waals surface area contributed by atoms with E-state index in [1.165, 1.54) is 0 Å². The summed E-state index contributed by atoms with van der Waals surface area (Å²) in [6.45, 7) is 3.82. The van der Waals surface area contributed by atoms with Gasteiger partial charge in [-0.15, -0.1) is 0 Å². The second-order valence-corrected chi connectivity index (χ2v) is 4.80. The number of carbonyl (C=O) groups is 2. The lowest BCUT2D eigenvalue weighted by Gasteiger charge is -2.13. The molecule has 1 atom stereocenters. The lowest BCUT2D eigenvalue weighted by Crippen LogP contribution is -2.36. The number of hydrogen-bond donors (Lipinski definition) is 3. The van der Waals surface area contributed by atoms with Gasteiger partial charge in [0.25, 0.3) is 0 Å². The Morgan fingerprint density at radius 3 is 2.80 bits per heavy atom. The van der Waals surface area contributed by atoms with Gasteiger partial charge in [-0.2, -0.15) is 5.10 Å². The summed E-state index contributed by atoms with van der Waals surface area (Å²) in [6.07, 6.45) is 3.80. The largest absolute Gasteiger partial charge is 0.481 e. The second-order valence-electron chi connectivity index (χ2n) is 4.80. The van der Waals surface area contributed by atoms with Gasteiger partial charge in [0.1, 0.15) is 0 Å². The van der Waals surface area contributed by atoms with Crippen LogP contribution in [0.1, 0.15) is 38.8 Å². The fourth-order valence-corrected chi connectivity index (χ4v) is 1.91. The Labute approximate surface area is 118 Å². The molecule has 112 valence electrons. The number of carbonyl (C=O) groups excluding carboxylic acids is 1. The van der Waals surface area contributed by atoms with Crippen LogP contribution in [0, 0.1) is 0 Å². The molecule has 7 nitrogen and oxygen atoms in total. The molecule has 0 aliphatic rings. The number of aromatic nitrogens is 2. The lowest BCUT2D eigenvalue weighted by molar-refractivity contribution is -0.137. The maximum absolute atomic E-state index is 11.8. The molecule has 1 rings (SSSR count). The van der Waals surface area contributed by atoms with E-state index in [4.69, 9.17) is 5.11 Å². The monoisotopic (exact) mass is 282 g/mol. The van der Waals surface area contributed by atoms with Gasteiger partial charge in [0.2, 0.25) is 0 Å². The van der Waals surface area contributed by atoms with Crippen molar-refractivity contribution in [1.29, 1.82) is 0 Å². The Morgan fingerprint density at radius 2 is 2.20 bits per heavy atom. The van der Waals surface area contributed by atoms with Crippen molar-refractivity contribution >= 4 is 17.7 Å². The quantitative estimate of drug-likeness (QED) is 0.709. The normalized spacial score (nSPS) is 11.9. The molecule has 0 aliphatic carbocycles. The van der Waals surface area contributed by atoms with E-state index < -0.39 is 5.97 Å². The fraction of sp³-hybridized carbons (Fsp3) is 0.615. The van der Waals surface area contributed by atoms with Crippen molar-refractivity contribution in [1.82, 2.24) is 15.1 Å². The molecular weight excluding hydrogens is 260 g/mol. The summed E-state index contributed by atoms with van der Waals surface area (Å²) in [5.41, 5.74) is 1.53. The van der Waals surface area contributed by atoms with Crippen molar-refractivity contribution < 1.29 is 14.7 Å². The molecular formula is C13H22N4O3. The van der Waals surface area contributed by atoms with Crippen molar-refractivity contribution in [2.75, 3.05) is 5.32 Å². The molecule has 0 fully saturated rings. The molecule has 0 bridgehead atoms. The zero-order chi connectivity index (χ0) is 15.1. The van der Waals surface area contributed by atoms with Gasteiger partial charge in [-0.05, 0) is 26.2 Å². The van der Waals surface area contributed by atoms with Gasteiger partial charge in [-0.25, -0.2) is 4.79 Å². The zero-order valence-electron chi connectivity index (χ0n) is 12.1. The van der Waals surface area contributed by atoms with Crippen molar-refractivity contribution in [3.8, 4) is 0 Å². The highest BCUT2D eigenvalue weighted by Crippen LogP contribution is 2.13. The molecule has 0 saturated heterocycles. The van der Waals surface area contributed by atoms with Gasteiger partial charge in [-0.1, -0.05) is 6.92 Å². The van der Waals surface area contributed by atoms with Crippen molar-refractivity contribution in [3.05, 3.63) is 11.9 Å². The van der Waals surface area contributed by atoms with Crippen LogP contribution in [-0.4, -0.2) is 32.9 Å². The molecule has 0 radical (unpaired) electrons. The summed E-state index contributed by atoms with van der Waals surface area (Å²) in [5, 5.41) is 18.3. The number of rotatable bonds is 7. The average Bonchev–Trinajstić information content (AvgIpc) is 2.68. The Hall–Kier alpha value is -2.05. The number of urea groups is 1. The number of aliphatic carboxylic acids is 1. The number of amides is 2. The van der Waals surface area contributed by atoms with E-state index in [-0.39, 0.29) is 18.5 Å². The van der Waals surface area contributed by atoms with E-state index in [9.17, 15) is 9.59 Å². The number of nitrogens with one attached hydrogen (secondary N) is 2. The van der Waals surface area contributed by atoms with Crippen LogP contribution < -0.4 is 10.6 Å². The van der Waals surface area contributed by atoms with Crippen LogP contribution >= 0.6 is 0 Å². The van der Waals surface area contributed by atoms with Gasteiger partial charge in [0, 0.05) is 25.7 Å². The highest BCUT2D eigenvalue weighted by molar-refractivity contribution is 5.89. The van der Waals surface area contributed by atoms with Crippen molar-refractivity contribution in [2.24, 2.45) is 7.05 Å². The van der Waals surface area contributed by atoms with E-state index in [0.717, 1.165) is 12.1 Å². The average molecular weight is 282 g/mol. The molecule has 1 aromatic rings. The van der Waals surface area contributed by atoms with Crippen LogP contribution in [0.3, 0.4) is 0 Å². The molecule has 0 aromatic carbocycles. The summed E-state index contributed by atoms with van der Waals surface area (Å²) < 4.78 is 1.66. The third kappa shape index (κ3) is 5.29. The minimum Gasteiger partial charge on any atom is -0.481 e. The summed E-state index contributed by atoms with van der Waals surface area (Å²) in [7, 11) is 1.80. The van der Waals surface area contributed by atoms with E-state index in [2.05, 4.69) is 15.7 Å². The van der Waals surface area contributed by atoms with Gasteiger partial charge >= 0.3 is 12.0 Å². The first-order valence-electron chi connectivity index (χ1n) is 6.74. The molecule has 1 unspecified atom stereocenters. The van der Waals surface area contributed by atoms with Gasteiger partial charge < -0.3 is 15.7 Å². The molecule has 0 saturated carbocycles. The van der Waals surface area contributed by atoms with Crippen molar-refractivity contribution in [3.63, 3.8) is 0 Å². The number of aryl methyl sites for hydroxylation is 2. The SMILES string of the molecule is CCc1nn(C)cc1NC(=O)NC(C)CCCC(=O)O. The molecule has 0 spiro atoms. The van der Waals surface area contributed by atoms with Crippen LogP contribution in [0.25, 0.3) is 0 Å². The Kier molecular flexibility index (Phi) is 6.02. The molecule has 2 amide bonds. The number of carboxylic acid groups (broad SMARTS) is 1. The maximum Gasteiger partial charge on any atom is 0.319 e. The minimum absolute atomic E-state index is 0.0731. The molecule has 0 aliphatic heterocycles. The van der Waals surface area contributed by atoms with Crippen LogP contribution in [0.2, 0.25) is 0 Å². The summed E-state index contributed by atoms with van der Waals surface area (Å²) >= 11 is 0. The minimum atomic E-state index is -0.815. The number of carboxylic acids is 1. The third-order valence-corrected chi connectivity index (χ3v) is 2.89. The van der Waals surface area contributed by atoms with Gasteiger partial charge in [0.05, 0.1) is 11.4 Å². The first-order chi connectivity index (χ1) is 9.42. The third-order valence-electron chi connectivity index (χ3n) is 2.89. The second kappa shape index (κ2) is 7.52. The Bertz CT molecular complexity index is 470. The van der Waals surface area contributed by atoms with Crippen LogP contribution in [0.15, 0.2) is 6.20 Å². The predicted octanol–water partition coefficient (Wildman–Crippen LogP) is 1.75. The van der Waals surface area contributed by atoms with Crippen LogP contribution in [-0.2, 0) is 18.3 Å². The summed E-state index contributed by atoms with van der Waals surface area (Å²) in [6, 6.07) is -0.369. The fourth-order valence-electron chi connectivity index (χ4n) is 1.91. The lowest BCUT2D eigenvalue weighted by atomic mass is 10.1. The first-order valence-corrected chi connectivity index (χ1v) is 6.74. The Balaban J connectivity index is 2.40. The standard InChI is InChI=1S/C13H22N4O3/c1-4-10-11(8-17(3)16-10)15-13(20)14-9(2)6-5-7-12(18)19/h8-9H,4-7H2,1-3H3,(H,18,19)(H2,14,15,20). The maximum atomic E-state index is 11.8. The zero-order valence-corrected chi connectivity index (χ0v) is 12.1. The predicted molar refractivity (Wildman–Crippen MR) is 75.7 cm³/mol. The number of nitrogens with zero attached hydrogens (tertiary/aromatic N) is 2. The Morgan fingerprint density at radius 1 is 1.50 bits per heavy atom. The highest BCUT2D eigenvalue weighted by Gasteiger charge is 2.12. The molecule has 7 heteroatoms. The molecule has 1 heterocycles. The summed E-state index contributed by atoms with van der Waals surface area (Å²) in [4.78, 5) is 22.2. The molecule has 3 N–H and O–H groups in total.